The van der Waals surface area contributed by atoms with Crippen LogP contribution in [0.3, 0.4) is 0 Å². The summed E-state index contributed by atoms with van der Waals surface area (Å²) in [5, 5.41) is 4.10. The van der Waals surface area contributed by atoms with Gasteiger partial charge in [-0.05, 0) is 29.8 Å². The molecule has 0 amide bonds. The minimum Gasteiger partial charge on any atom is -0.298 e. The number of nitrogens with one attached hydrogen (secondary N) is 1. The fourth-order valence-corrected chi connectivity index (χ4v) is 1.36. The highest BCUT2D eigenvalue weighted by Gasteiger charge is 1.90. The van der Waals surface area contributed by atoms with Crippen molar-refractivity contribution in [2.24, 2.45) is 5.10 Å². The van der Waals surface area contributed by atoms with Gasteiger partial charge in [0.1, 0.15) is 6.29 Å². The largest absolute Gasteiger partial charge is 0.298 e. The minimum absolute atomic E-state index is 0.655. The number of carbonyl (C=O) groups is 1. The lowest BCUT2D eigenvalue weighted by molar-refractivity contribution is 0.112. The molecule has 1 N–H and O–H groups in total. The average molecular weight is 224 g/mol. The third-order valence-corrected chi connectivity index (χ3v) is 2.25. The summed E-state index contributed by atoms with van der Waals surface area (Å²) in [5.41, 5.74) is 5.43. The van der Waals surface area contributed by atoms with E-state index in [1.54, 1.807) is 18.3 Å². The predicted octanol–water partition coefficient (Wildman–Crippen LogP) is 2.95. The summed E-state index contributed by atoms with van der Waals surface area (Å²) < 4.78 is 0. The van der Waals surface area contributed by atoms with E-state index in [9.17, 15) is 4.79 Å². The lowest BCUT2D eigenvalue weighted by atomic mass is 10.2. The summed E-state index contributed by atoms with van der Waals surface area (Å²) in [6.07, 6.45) is 2.56. The van der Waals surface area contributed by atoms with Gasteiger partial charge in [-0.2, -0.15) is 5.10 Å². The lowest BCUT2D eigenvalue weighted by Crippen LogP contribution is -1.90. The van der Waals surface area contributed by atoms with Crippen molar-refractivity contribution in [3.05, 3.63) is 65.7 Å². The van der Waals surface area contributed by atoms with Gasteiger partial charge in [0.05, 0.1) is 11.9 Å². The van der Waals surface area contributed by atoms with Crippen LogP contribution in [0.5, 0.6) is 0 Å². The molecule has 17 heavy (non-hydrogen) atoms. The monoisotopic (exact) mass is 224 g/mol. The number of benzene rings is 2. The van der Waals surface area contributed by atoms with Gasteiger partial charge in [0.15, 0.2) is 0 Å². The van der Waals surface area contributed by atoms with Crippen molar-refractivity contribution in [2.75, 3.05) is 5.43 Å². The highest BCUT2D eigenvalue weighted by atomic mass is 16.1. The smallest absolute Gasteiger partial charge is 0.150 e. The Morgan fingerprint density at radius 2 is 1.59 bits per heavy atom. The molecule has 2 aromatic rings. The third-order valence-electron chi connectivity index (χ3n) is 2.25. The number of rotatable bonds is 4. The van der Waals surface area contributed by atoms with E-state index in [4.69, 9.17) is 0 Å². The van der Waals surface area contributed by atoms with E-state index in [0.717, 1.165) is 17.5 Å². The molecule has 0 aromatic heterocycles. The first-order valence-corrected chi connectivity index (χ1v) is 5.28. The molecule has 0 radical (unpaired) electrons. The van der Waals surface area contributed by atoms with Gasteiger partial charge in [-0.3, -0.25) is 10.2 Å². The summed E-state index contributed by atoms with van der Waals surface area (Å²) in [6, 6.07) is 16.9. The highest BCUT2D eigenvalue weighted by molar-refractivity contribution is 5.80. The summed E-state index contributed by atoms with van der Waals surface area (Å²) in [7, 11) is 0. The zero-order valence-corrected chi connectivity index (χ0v) is 9.21. The Bertz CT molecular complexity index is 504. The zero-order valence-electron chi connectivity index (χ0n) is 9.21. The SMILES string of the molecule is O=Cc1ccc(NN=Cc2ccccc2)cc1. The van der Waals surface area contributed by atoms with Crippen LogP contribution in [0.4, 0.5) is 5.69 Å². The van der Waals surface area contributed by atoms with E-state index in [-0.39, 0.29) is 0 Å². The fourth-order valence-electron chi connectivity index (χ4n) is 1.36. The van der Waals surface area contributed by atoms with Gasteiger partial charge in [0, 0.05) is 5.56 Å². The first kappa shape index (κ1) is 11.1. The maximum atomic E-state index is 10.5. The minimum atomic E-state index is 0.655. The molecule has 0 aliphatic rings. The Morgan fingerprint density at radius 3 is 2.24 bits per heavy atom. The molecule has 0 heterocycles. The van der Waals surface area contributed by atoms with Crippen molar-refractivity contribution in [2.45, 2.75) is 0 Å². The van der Waals surface area contributed by atoms with Crippen molar-refractivity contribution in [1.82, 2.24) is 0 Å². The number of hydrogen-bond acceptors (Lipinski definition) is 3. The summed E-state index contributed by atoms with van der Waals surface area (Å²) in [5.74, 6) is 0. The van der Waals surface area contributed by atoms with Gasteiger partial charge in [-0.15, -0.1) is 0 Å². The van der Waals surface area contributed by atoms with Gasteiger partial charge in [-0.25, -0.2) is 0 Å². The second-order valence-corrected chi connectivity index (χ2v) is 3.52. The Balaban J connectivity index is 1.97. The lowest BCUT2D eigenvalue weighted by Gasteiger charge is -1.99. The molecule has 0 fully saturated rings. The molecule has 2 aromatic carbocycles. The second kappa shape index (κ2) is 5.61. The van der Waals surface area contributed by atoms with Crippen LogP contribution in [0.2, 0.25) is 0 Å². The summed E-state index contributed by atoms with van der Waals surface area (Å²) >= 11 is 0. The van der Waals surface area contributed by atoms with Crippen LogP contribution in [-0.2, 0) is 0 Å². The van der Waals surface area contributed by atoms with E-state index < -0.39 is 0 Å². The van der Waals surface area contributed by atoms with E-state index in [1.807, 2.05) is 42.5 Å². The van der Waals surface area contributed by atoms with Gasteiger partial charge in [-0.1, -0.05) is 30.3 Å². The third kappa shape index (κ3) is 3.28. The van der Waals surface area contributed by atoms with Crippen molar-refractivity contribution < 1.29 is 4.79 Å². The predicted molar refractivity (Wildman–Crippen MR) is 69.5 cm³/mol. The zero-order chi connectivity index (χ0) is 11.9. The average Bonchev–Trinajstić information content (AvgIpc) is 2.41. The van der Waals surface area contributed by atoms with Crippen LogP contribution in [-0.4, -0.2) is 12.5 Å². The van der Waals surface area contributed by atoms with Gasteiger partial charge in [0.2, 0.25) is 0 Å². The number of carbonyl (C=O) groups excluding carboxylic acids is 1. The van der Waals surface area contributed by atoms with Gasteiger partial charge in [0.25, 0.3) is 0 Å². The molecule has 0 saturated heterocycles. The number of hydrogen-bond donors (Lipinski definition) is 1. The quantitative estimate of drug-likeness (QED) is 0.493. The van der Waals surface area contributed by atoms with Crippen molar-refractivity contribution in [3.63, 3.8) is 0 Å². The van der Waals surface area contributed by atoms with Gasteiger partial charge >= 0.3 is 0 Å². The summed E-state index contributed by atoms with van der Waals surface area (Å²) in [4.78, 5) is 10.5. The molecule has 0 aliphatic carbocycles. The molecule has 3 heteroatoms. The normalized spacial score (nSPS) is 10.4. The molecule has 0 bridgehead atoms. The van der Waals surface area contributed by atoms with E-state index in [0.29, 0.717) is 5.56 Å². The molecule has 0 spiro atoms. The Labute approximate surface area is 99.8 Å². The first-order chi connectivity index (χ1) is 8.38. The molecule has 2 rings (SSSR count). The molecule has 0 saturated carbocycles. The van der Waals surface area contributed by atoms with Crippen molar-refractivity contribution in [3.8, 4) is 0 Å². The summed E-state index contributed by atoms with van der Waals surface area (Å²) in [6.45, 7) is 0. The van der Waals surface area contributed by atoms with Crippen molar-refractivity contribution >= 4 is 18.2 Å². The molecular weight excluding hydrogens is 212 g/mol. The van der Waals surface area contributed by atoms with Crippen LogP contribution in [0, 0.1) is 0 Å². The Morgan fingerprint density at radius 1 is 0.882 bits per heavy atom. The molecule has 0 unspecified atom stereocenters. The Kier molecular flexibility index (Phi) is 3.65. The van der Waals surface area contributed by atoms with E-state index >= 15 is 0 Å². The van der Waals surface area contributed by atoms with Crippen LogP contribution >= 0.6 is 0 Å². The Hall–Kier alpha value is -2.42. The maximum Gasteiger partial charge on any atom is 0.150 e. The maximum absolute atomic E-state index is 10.5. The molecule has 0 atom stereocenters. The molecule has 0 aliphatic heterocycles. The number of anilines is 1. The molecular formula is C14H12N2O. The molecule has 84 valence electrons. The number of aldehydes is 1. The topological polar surface area (TPSA) is 41.5 Å². The fraction of sp³-hybridized carbons (Fsp3) is 0. The van der Waals surface area contributed by atoms with Gasteiger partial charge < -0.3 is 0 Å². The van der Waals surface area contributed by atoms with Crippen LogP contribution < -0.4 is 5.43 Å². The second-order valence-electron chi connectivity index (χ2n) is 3.52. The number of hydrazone groups is 1. The van der Waals surface area contributed by atoms with Crippen LogP contribution in [0.15, 0.2) is 59.7 Å². The standard InChI is InChI=1S/C14H12N2O/c17-11-13-6-8-14(9-7-13)16-15-10-12-4-2-1-3-5-12/h1-11,16H. The first-order valence-electron chi connectivity index (χ1n) is 5.28. The molecule has 3 nitrogen and oxygen atoms in total. The highest BCUT2D eigenvalue weighted by Crippen LogP contribution is 2.07. The van der Waals surface area contributed by atoms with Crippen molar-refractivity contribution in [1.29, 1.82) is 0 Å². The van der Waals surface area contributed by atoms with Crippen LogP contribution in [0.1, 0.15) is 15.9 Å². The van der Waals surface area contributed by atoms with E-state index in [2.05, 4.69) is 10.5 Å². The number of nitrogens with zero attached hydrogens (tertiary/aromatic N) is 1. The van der Waals surface area contributed by atoms with Crippen LogP contribution in [0.25, 0.3) is 0 Å². The van der Waals surface area contributed by atoms with E-state index in [1.165, 1.54) is 0 Å².